The van der Waals surface area contributed by atoms with Gasteiger partial charge < -0.3 is 0 Å². The number of hydrogen-bond donors (Lipinski definition) is 0. The van der Waals surface area contributed by atoms with E-state index >= 15 is 0 Å². The molecule has 0 fully saturated rings. The summed E-state index contributed by atoms with van der Waals surface area (Å²) in [6.07, 6.45) is 9.09. The van der Waals surface area contributed by atoms with Gasteiger partial charge in [0, 0.05) is 6.92 Å². The molecule has 0 aromatic heterocycles. The smallest absolute Gasteiger partial charge is 0.164 e. The largest absolute Gasteiger partial charge is 0.239 e. The zero-order valence-electron chi connectivity index (χ0n) is 9.43. The standard InChI is InChI=1S/C12H22N/c1-6-9-10-12(7-2)11(4)13(5)8-3/h2,12H,6,8-10H2,1,3-5H3/q+1. The summed E-state index contributed by atoms with van der Waals surface area (Å²) >= 11 is 0. The quantitative estimate of drug-likeness (QED) is 0.347. The number of hydrogen-bond acceptors (Lipinski definition) is 0. The van der Waals surface area contributed by atoms with E-state index in [1.54, 1.807) is 0 Å². The van der Waals surface area contributed by atoms with Crippen LogP contribution in [0.15, 0.2) is 0 Å². The van der Waals surface area contributed by atoms with Crippen LogP contribution < -0.4 is 0 Å². The van der Waals surface area contributed by atoms with Gasteiger partial charge in [0.15, 0.2) is 5.71 Å². The van der Waals surface area contributed by atoms with Crippen molar-refractivity contribution in [1.29, 1.82) is 0 Å². The third-order valence-corrected chi connectivity index (χ3v) is 2.63. The first kappa shape index (κ1) is 12.2. The topological polar surface area (TPSA) is 3.01 Å². The van der Waals surface area contributed by atoms with Crippen molar-refractivity contribution in [3.05, 3.63) is 0 Å². The number of terminal acetylenes is 1. The van der Waals surface area contributed by atoms with Gasteiger partial charge in [-0.05, 0) is 13.3 Å². The molecular formula is C12H22N+. The van der Waals surface area contributed by atoms with Gasteiger partial charge in [0.2, 0.25) is 0 Å². The van der Waals surface area contributed by atoms with Gasteiger partial charge in [-0.25, -0.2) is 4.58 Å². The summed E-state index contributed by atoms with van der Waals surface area (Å²) < 4.78 is 2.24. The van der Waals surface area contributed by atoms with E-state index in [4.69, 9.17) is 6.42 Å². The first-order valence-corrected chi connectivity index (χ1v) is 5.18. The second-order valence-electron chi connectivity index (χ2n) is 3.52. The molecule has 1 nitrogen and oxygen atoms in total. The van der Waals surface area contributed by atoms with Gasteiger partial charge in [-0.3, -0.25) is 0 Å². The lowest BCUT2D eigenvalue weighted by molar-refractivity contribution is -0.495. The van der Waals surface area contributed by atoms with Crippen molar-refractivity contribution in [2.24, 2.45) is 5.92 Å². The van der Waals surface area contributed by atoms with E-state index in [0.29, 0.717) is 5.92 Å². The van der Waals surface area contributed by atoms with Crippen molar-refractivity contribution in [2.75, 3.05) is 13.6 Å². The third kappa shape index (κ3) is 4.12. The van der Waals surface area contributed by atoms with Crippen molar-refractivity contribution in [3.63, 3.8) is 0 Å². The minimum Gasteiger partial charge on any atom is -0.239 e. The second kappa shape index (κ2) is 6.71. The molecule has 1 unspecified atom stereocenters. The Bertz CT molecular complexity index is 208. The molecule has 0 bridgehead atoms. The Labute approximate surface area is 82.9 Å². The van der Waals surface area contributed by atoms with Crippen LogP contribution in [0.5, 0.6) is 0 Å². The van der Waals surface area contributed by atoms with Gasteiger partial charge in [-0.15, -0.1) is 6.42 Å². The summed E-state index contributed by atoms with van der Waals surface area (Å²) in [5.41, 5.74) is 1.33. The molecular weight excluding hydrogens is 158 g/mol. The molecule has 0 aromatic rings. The second-order valence-corrected chi connectivity index (χ2v) is 3.52. The van der Waals surface area contributed by atoms with E-state index in [9.17, 15) is 0 Å². The van der Waals surface area contributed by atoms with Crippen molar-refractivity contribution < 1.29 is 4.58 Å². The molecule has 0 aliphatic rings. The van der Waals surface area contributed by atoms with Gasteiger partial charge in [0.05, 0.1) is 5.92 Å². The molecule has 0 aliphatic heterocycles. The average molecular weight is 180 g/mol. The molecule has 0 N–H and O–H groups in total. The van der Waals surface area contributed by atoms with E-state index in [2.05, 4.69) is 38.3 Å². The van der Waals surface area contributed by atoms with Crippen molar-refractivity contribution in [1.82, 2.24) is 0 Å². The molecule has 13 heavy (non-hydrogen) atoms. The van der Waals surface area contributed by atoms with Crippen LogP contribution in [0.1, 0.15) is 40.0 Å². The Morgan fingerprint density at radius 3 is 2.46 bits per heavy atom. The van der Waals surface area contributed by atoms with Crippen LogP contribution in [0.4, 0.5) is 0 Å². The minimum atomic E-state index is 0.338. The van der Waals surface area contributed by atoms with Gasteiger partial charge in [-0.1, -0.05) is 25.7 Å². The van der Waals surface area contributed by atoms with E-state index in [1.165, 1.54) is 18.6 Å². The molecule has 0 spiro atoms. The van der Waals surface area contributed by atoms with Crippen LogP contribution in [0.25, 0.3) is 0 Å². The highest BCUT2D eigenvalue weighted by molar-refractivity contribution is 5.82. The van der Waals surface area contributed by atoms with Gasteiger partial charge in [0.25, 0.3) is 0 Å². The van der Waals surface area contributed by atoms with Crippen LogP contribution in [0.2, 0.25) is 0 Å². The van der Waals surface area contributed by atoms with E-state index < -0.39 is 0 Å². The molecule has 1 heteroatoms. The first-order valence-electron chi connectivity index (χ1n) is 5.18. The highest BCUT2D eigenvalue weighted by atomic mass is 15.0. The van der Waals surface area contributed by atoms with Crippen molar-refractivity contribution in [3.8, 4) is 12.3 Å². The lowest BCUT2D eigenvalue weighted by Crippen LogP contribution is -2.21. The fourth-order valence-electron chi connectivity index (χ4n) is 1.34. The molecule has 0 saturated carbocycles. The Morgan fingerprint density at radius 2 is 2.08 bits per heavy atom. The normalized spacial score (nSPS) is 14.7. The fourth-order valence-corrected chi connectivity index (χ4v) is 1.34. The molecule has 1 atom stereocenters. The lowest BCUT2D eigenvalue weighted by Gasteiger charge is -2.08. The first-order chi connectivity index (χ1) is 6.17. The SMILES string of the molecule is C#CC(CCCC)C(C)=[N+](C)CC. The molecule has 0 saturated heterocycles. The summed E-state index contributed by atoms with van der Waals surface area (Å²) in [5, 5.41) is 0. The van der Waals surface area contributed by atoms with Crippen LogP contribution in [0.3, 0.4) is 0 Å². The van der Waals surface area contributed by atoms with Crippen LogP contribution in [-0.2, 0) is 0 Å². The van der Waals surface area contributed by atoms with Gasteiger partial charge >= 0.3 is 0 Å². The summed E-state index contributed by atoms with van der Waals surface area (Å²) in [6, 6.07) is 0. The van der Waals surface area contributed by atoms with Crippen LogP contribution >= 0.6 is 0 Å². The third-order valence-electron chi connectivity index (χ3n) is 2.63. The minimum absolute atomic E-state index is 0.338. The molecule has 0 amide bonds. The zero-order chi connectivity index (χ0) is 10.3. The Kier molecular flexibility index (Phi) is 6.32. The molecule has 0 radical (unpaired) electrons. The number of rotatable bonds is 5. The Balaban J connectivity index is 4.33. The number of nitrogens with zero attached hydrogens (tertiary/aromatic N) is 1. The van der Waals surface area contributed by atoms with Crippen LogP contribution in [0, 0.1) is 18.3 Å². The van der Waals surface area contributed by atoms with Gasteiger partial charge in [0.1, 0.15) is 13.6 Å². The highest BCUT2D eigenvalue weighted by Gasteiger charge is 2.14. The van der Waals surface area contributed by atoms with E-state index in [1.807, 2.05) is 0 Å². The maximum Gasteiger partial charge on any atom is 0.164 e. The molecule has 0 heterocycles. The molecule has 74 valence electrons. The predicted octanol–water partition coefficient (Wildman–Crippen LogP) is 2.55. The Hall–Kier alpha value is -0.770. The summed E-state index contributed by atoms with van der Waals surface area (Å²) in [4.78, 5) is 0. The molecule has 0 aromatic carbocycles. The van der Waals surface area contributed by atoms with Crippen molar-refractivity contribution in [2.45, 2.75) is 40.0 Å². The van der Waals surface area contributed by atoms with E-state index in [-0.39, 0.29) is 0 Å². The van der Waals surface area contributed by atoms with Crippen molar-refractivity contribution >= 4 is 5.71 Å². The summed E-state index contributed by atoms with van der Waals surface area (Å²) in [5.74, 6) is 3.21. The zero-order valence-corrected chi connectivity index (χ0v) is 9.43. The fraction of sp³-hybridized carbons (Fsp3) is 0.750. The summed E-state index contributed by atoms with van der Waals surface area (Å²) in [7, 11) is 2.10. The Morgan fingerprint density at radius 1 is 1.46 bits per heavy atom. The number of unbranched alkanes of at least 4 members (excludes halogenated alkanes) is 1. The lowest BCUT2D eigenvalue weighted by atomic mass is 9.98. The molecule has 0 rings (SSSR count). The predicted molar refractivity (Wildman–Crippen MR) is 59.3 cm³/mol. The molecule has 0 aliphatic carbocycles. The maximum absolute atomic E-state index is 5.51. The van der Waals surface area contributed by atoms with Crippen LogP contribution in [-0.4, -0.2) is 23.9 Å². The summed E-state index contributed by atoms with van der Waals surface area (Å²) in [6.45, 7) is 7.53. The highest BCUT2D eigenvalue weighted by Crippen LogP contribution is 2.09. The average Bonchev–Trinajstić information content (AvgIpc) is 2.17. The maximum atomic E-state index is 5.51. The van der Waals surface area contributed by atoms with E-state index in [0.717, 1.165) is 13.0 Å². The van der Waals surface area contributed by atoms with Gasteiger partial charge in [-0.2, -0.15) is 0 Å². The monoisotopic (exact) mass is 180 g/mol.